The predicted octanol–water partition coefficient (Wildman–Crippen LogP) is 2.65. The van der Waals surface area contributed by atoms with Gasteiger partial charge in [-0.3, -0.25) is 4.79 Å². The lowest BCUT2D eigenvalue weighted by Gasteiger charge is -2.42. The summed E-state index contributed by atoms with van der Waals surface area (Å²) >= 11 is 0. The standard InChI is InChI=1S/C16H23NO2/c1-16(2)13-19-12-11-17(16)15(18)10-6-9-14-7-4-3-5-8-14/h3-5,7-8H,6,9-13H2,1-2H3. The first kappa shape index (κ1) is 14.1. The van der Waals surface area contributed by atoms with Crippen LogP contribution in [0.3, 0.4) is 0 Å². The van der Waals surface area contributed by atoms with Crippen molar-refractivity contribution in [1.82, 2.24) is 4.90 Å². The average molecular weight is 261 g/mol. The van der Waals surface area contributed by atoms with Crippen LogP contribution in [0.5, 0.6) is 0 Å². The van der Waals surface area contributed by atoms with Gasteiger partial charge in [0.25, 0.3) is 0 Å². The molecule has 0 radical (unpaired) electrons. The summed E-state index contributed by atoms with van der Waals surface area (Å²) in [5.41, 5.74) is 1.14. The zero-order chi connectivity index (χ0) is 13.7. The molecule has 0 N–H and O–H groups in total. The molecule has 0 unspecified atom stereocenters. The van der Waals surface area contributed by atoms with Crippen molar-refractivity contribution in [3.05, 3.63) is 35.9 Å². The highest BCUT2D eigenvalue weighted by atomic mass is 16.5. The number of amides is 1. The molecule has 1 saturated heterocycles. The third-order valence-electron chi connectivity index (χ3n) is 3.65. The van der Waals surface area contributed by atoms with Crippen molar-refractivity contribution in [1.29, 1.82) is 0 Å². The highest BCUT2D eigenvalue weighted by Crippen LogP contribution is 2.20. The zero-order valence-electron chi connectivity index (χ0n) is 11.9. The Morgan fingerprint density at radius 1 is 1.32 bits per heavy atom. The van der Waals surface area contributed by atoms with Gasteiger partial charge in [-0.2, -0.15) is 0 Å². The number of morpholine rings is 1. The van der Waals surface area contributed by atoms with Gasteiger partial charge in [0.2, 0.25) is 5.91 Å². The van der Waals surface area contributed by atoms with E-state index in [4.69, 9.17) is 4.74 Å². The van der Waals surface area contributed by atoms with Gasteiger partial charge in [-0.25, -0.2) is 0 Å². The molecule has 0 atom stereocenters. The van der Waals surface area contributed by atoms with Crippen LogP contribution >= 0.6 is 0 Å². The lowest BCUT2D eigenvalue weighted by molar-refractivity contribution is -0.146. The summed E-state index contributed by atoms with van der Waals surface area (Å²) in [7, 11) is 0. The van der Waals surface area contributed by atoms with Gasteiger partial charge in [-0.1, -0.05) is 30.3 Å². The molecular weight excluding hydrogens is 238 g/mol. The Morgan fingerprint density at radius 3 is 2.74 bits per heavy atom. The first-order valence-electron chi connectivity index (χ1n) is 7.02. The van der Waals surface area contributed by atoms with Gasteiger partial charge >= 0.3 is 0 Å². The molecule has 19 heavy (non-hydrogen) atoms. The second kappa shape index (κ2) is 6.20. The maximum atomic E-state index is 12.3. The van der Waals surface area contributed by atoms with Crippen LogP contribution in [-0.2, 0) is 16.0 Å². The number of nitrogens with zero attached hydrogens (tertiary/aromatic N) is 1. The summed E-state index contributed by atoms with van der Waals surface area (Å²) in [5, 5.41) is 0. The minimum absolute atomic E-state index is 0.165. The molecule has 3 heteroatoms. The summed E-state index contributed by atoms with van der Waals surface area (Å²) in [6.07, 6.45) is 2.51. The smallest absolute Gasteiger partial charge is 0.223 e. The lowest BCUT2D eigenvalue weighted by Crippen LogP contribution is -2.55. The number of carbonyl (C=O) groups excluding carboxylic acids is 1. The van der Waals surface area contributed by atoms with Crippen LogP contribution in [0, 0.1) is 0 Å². The minimum atomic E-state index is -0.165. The molecule has 1 aromatic carbocycles. The van der Waals surface area contributed by atoms with Crippen LogP contribution in [0.25, 0.3) is 0 Å². The Morgan fingerprint density at radius 2 is 2.05 bits per heavy atom. The third-order valence-corrected chi connectivity index (χ3v) is 3.65. The van der Waals surface area contributed by atoms with Crippen molar-refractivity contribution in [2.45, 2.75) is 38.6 Å². The monoisotopic (exact) mass is 261 g/mol. The summed E-state index contributed by atoms with van der Waals surface area (Å²) in [5.74, 6) is 0.254. The molecule has 1 aliphatic heterocycles. The molecule has 1 heterocycles. The zero-order valence-corrected chi connectivity index (χ0v) is 11.9. The quantitative estimate of drug-likeness (QED) is 0.834. The Balaban J connectivity index is 1.81. The second-order valence-corrected chi connectivity index (χ2v) is 5.75. The van der Waals surface area contributed by atoms with Gasteiger partial charge in [0.05, 0.1) is 18.8 Å². The maximum absolute atomic E-state index is 12.3. The minimum Gasteiger partial charge on any atom is -0.377 e. The number of benzene rings is 1. The molecule has 1 aromatic rings. The van der Waals surface area contributed by atoms with Crippen molar-refractivity contribution in [2.75, 3.05) is 19.8 Å². The van der Waals surface area contributed by atoms with E-state index < -0.39 is 0 Å². The van der Waals surface area contributed by atoms with E-state index in [1.165, 1.54) is 5.56 Å². The summed E-state index contributed by atoms with van der Waals surface area (Å²) in [6.45, 7) is 6.16. The highest BCUT2D eigenvalue weighted by molar-refractivity contribution is 5.77. The molecule has 1 aliphatic rings. The Labute approximate surface area is 115 Å². The van der Waals surface area contributed by atoms with E-state index in [0.717, 1.165) is 19.4 Å². The largest absolute Gasteiger partial charge is 0.377 e. The number of hydrogen-bond donors (Lipinski definition) is 0. The molecule has 0 aromatic heterocycles. The van der Waals surface area contributed by atoms with Crippen LogP contribution in [0.4, 0.5) is 0 Å². The maximum Gasteiger partial charge on any atom is 0.223 e. The lowest BCUT2D eigenvalue weighted by atomic mass is 10.0. The first-order valence-corrected chi connectivity index (χ1v) is 7.02. The fraction of sp³-hybridized carbons (Fsp3) is 0.562. The fourth-order valence-corrected chi connectivity index (χ4v) is 2.54. The molecular formula is C16H23NO2. The number of aryl methyl sites for hydroxylation is 1. The number of carbonyl (C=O) groups is 1. The van der Waals surface area contributed by atoms with Crippen molar-refractivity contribution in [2.24, 2.45) is 0 Å². The third kappa shape index (κ3) is 3.80. The van der Waals surface area contributed by atoms with Crippen molar-refractivity contribution in [3.8, 4) is 0 Å². The van der Waals surface area contributed by atoms with Crippen LogP contribution in [0.15, 0.2) is 30.3 Å². The molecule has 2 rings (SSSR count). The normalized spacial score (nSPS) is 18.3. The Hall–Kier alpha value is -1.35. The SMILES string of the molecule is CC1(C)COCCN1C(=O)CCCc1ccccc1. The molecule has 3 nitrogen and oxygen atoms in total. The summed E-state index contributed by atoms with van der Waals surface area (Å²) < 4.78 is 5.45. The topological polar surface area (TPSA) is 29.5 Å². The van der Waals surface area contributed by atoms with Gasteiger partial charge in [-0.05, 0) is 32.3 Å². The van der Waals surface area contributed by atoms with E-state index in [0.29, 0.717) is 19.6 Å². The predicted molar refractivity (Wildman–Crippen MR) is 76.0 cm³/mol. The summed E-state index contributed by atoms with van der Waals surface area (Å²) in [6, 6.07) is 10.3. The van der Waals surface area contributed by atoms with E-state index >= 15 is 0 Å². The first-order chi connectivity index (χ1) is 9.09. The second-order valence-electron chi connectivity index (χ2n) is 5.75. The molecule has 0 saturated carbocycles. The van der Waals surface area contributed by atoms with Crippen LogP contribution < -0.4 is 0 Å². The number of rotatable bonds is 4. The molecule has 1 fully saturated rings. The Bertz CT molecular complexity index is 414. The van der Waals surface area contributed by atoms with Crippen LogP contribution in [0.1, 0.15) is 32.3 Å². The van der Waals surface area contributed by atoms with Crippen molar-refractivity contribution < 1.29 is 9.53 Å². The molecule has 0 aliphatic carbocycles. The van der Waals surface area contributed by atoms with E-state index in [2.05, 4.69) is 26.0 Å². The van der Waals surface area contributed by atoms with Gasteiger partial charge in [0.15, 0.2) is 0 Å². The average Bonchev–Trinajstić information content (AvgIpc) is 2.39. The van der Waals surface area contributed by atoms with Gasteiger partial charge < -0.3 is 9.64 Å². The Kier molecular flexibility index (Phi) is 4.59. The van der Waals surface area contributed by atoms with E-state index in [1.54, 1.807) is 0 Å². The molecule has 0 bridgehead atoms. The highest BCUT2D eigenvalue weighted by Gasteiger charge is 2.33. The van der Waals surface area contributed by atoms with E-state index in [9.17, 15) is 4.79 Å². The van der Waals surface area contributed by atoms with Crippen LogP contribution in [-0.4, -0.2) is 36.1 Å². The fourth-order valence-electron chi connectivity index (χ4n) is 2.54. The van der Waals surface area contributed by atoms with Crippen molar-refractivity contribution in [3.63, 3.8) is 0 Å². The van der Waals surface area contributed by atoms with Gasteiger partial charge in [0.1, 0.15) is 0 Å². The number of ether oxygens (including phenoxy) is 1. The van der Waals surface area contributed by atoms with Gasteiger partial charge in [-0.15, -0.1) is 0 Å². The van der Waals surface area contributed by atoms with Crippen LogP contribution in [0.2, 0.25) is 0 Å². The van der Waals surface area contributed by atoms with E-state index in [-0.39, 0.29) is 11.4 Å². The van der Waals surface area contributed by atoms with Gasteiger partial charge in [0, 0.05) is 13.0 Å². The molecule has 104 valence electrons. The van der Waals surface area contributed by atoms with Crippen molar-refractivity contribution >= 4 is 5.91 Å². The number of hydrogen-bond acceptors (Lipinski definition) is 2. The van der Waals surface area contributed by atoms with E-state index in [1.807, 2.05) is 23.1 Å². The summed E-state index contributed by atoms with van der Waals surface area (Å²) in [4.78, 5) is 14.2. The molecule has 0 spiro atoms. The molecule has 1 amide bonds.